The average molecular weight is 399 g/mol. The van der Waals surface area contributed by atoms with E-state index in [0.717, 1.165) is 12.8 Å². The Morgan fingerprint density at radius 2 is 1.66 bits per heavy atom. The Hall–Kier alpha value is -3.02. The van der Waals surface area contributed by atoms with Gasteiger partial charge in [0.1, 0.15) is 0 Å². The maximum Gasteiger partial charge on any atom is 0.265 e. The molecule has 2 rings (SSSR count). The molecule has 0 radical (unpaired) electrons. The summed E-state index contributed by atoms with van der Waals surface area (Å²) < 4.78 is 11.0. The molecule has 2 aromatic carbocycles. The minimum Gasteiger partial charge on any atom is -0.493 e. The zero-order chi connectivity index (χ0) is 21.2. The molecule has 2 aromatic rings. The first kappa shape index (κ1) is 22.3. The van der Waals surface area contributed by atoms with Gasteiger partial charge in [-0.1, -0.05) is 32.0 Å². The molecule has 1 atom stereocenters. The van der Waals surface area contributed by atoms with Gasteiger partial charge in [0, 0.05) is 24.3 Å². The number of ether oxygens (including phenoxy) is 2. The second-order valence-electron chi connectivity index (χ2n) is 6.77. The summed E-state index contributed by atoms with van der Waals surface area (Å²) in [5.74, 6) is 0.727. The van der Waals surface area contributed by atoms with Crippen LogP contribution in [0.5, 0.6) is 11.5 Å². The number of hydrogen-bond acceptors (Lipinski definition) is 4. The quantitative estimate of drug-likeness (QED) is 0.646. The van der Waals surface area contributed by atoms with Crippen LogP contribution in [0, 0.1) is 0 Å². The van der Waals surface area contributed by atoms with E-state index in [9.17, 15) is 9.59 Å². The van der Waals surface area contributed by atoms with Crippen LogP contribution in [-0.4, -0.2) is 43.0 Å². The summed E-state index contributed by atoms with van der Waals surface area (Å²) >= 11 is 0. The molecular weight excluding hydrogens is 368 g/mol. The molecule has 0 aliphatic carbocycles. The standard InChI is InChI=1S/C23H30N2O4/c1-5-14-25(15-6-2)23(27)18-10-9-11-19(16-18)24-22(26)17(3)29-21-13-8-7-12-20(21)28-4/h7-13,16-17H,5-6,14-15H2,1-4H3,(H,24,26). The Morgan fingerprint density at radius 3 is 2.28 bits per heavy atom. The van der Waals surface area contributed by atoms with Gasteiger partial charge in [-0.3, -0.25) is 9.59 Å². The van der Waals surface area contributed by atoms with E-state index in [0.29, 0.717) is 35.8 Å². The Bertz CT molecular complexity index is 816. The maximum atomic E-state index is 12.8. The first-order chi connectivity index (χ1) is 14.0. The Kier molecular flexibility index (Phi) is 8.52. The molecule has 0 bridgehead atoms. The number of nitrogens with zero attached hydrogens (tertiary/aromatic N) is 1. The van der Waals surface area contributed by atoms with E-state index >= 15 is 0 Å². The van der Waals surface area contributed by atoms with Crippen molar-refractivity contribution in [2.75, 3.05) is 25.5 Å². The number of para-hydroxylation sites is 2. The van der Waals surface area contributed by atoms with Gasteiger partial charge in [0.2, 0.25) is 0 Å². The van der Waals surface area contributed by atoms with Crippen LogP contribution in [-0.2, 0) is 4.79 Å². The molecule has 0 aliphatic heterocycles. The van der Waals surface area contributed by atoms with Crippen molar-refractivity contribution in [3.8, 4) is 11.5 Å². The minimum atomic E-state index is -0.734. The van der Waals surface area contributed by atoms with Crippen LogP contribution >= 0.6 is 0 Å². The fraction of sp³-hybridized carbons (Fsp3) is 0.391. The van der Waals surface area contributed by atoms with Crippen molar-refractivity contribution in [2.45, 2.75) is 39.7 Å². The average Bonchev–Trinajstić information content (AvgIpc) is 2.73. The summed E-state index contributed by atoms with van der Waals surface area (Å²) in [4.78, 5) is 27.2. The Labute approximate surface area is 172 Å². The summed E-state index contributed by atoms with van der Waals surface area (Å²) in [5.41, 5.74) is 1.12. The fourth-order valence-electron chi connectivity index (χ4n) is 2.97. The van der Waals surface area contributed by atoms with Crippen molar-refractivity contribution < 1.29 is 19.1 Å². The van der Waals surface area contributed by atoms with E-state index in [1.165, 1.54) is 0 Å². The summed E-state index contributed by atoms with van der Waals surface area (Å²) in [6.45, 7) is 7.20. The van der Waals surface area contributed by atoms with Crippen molar-refractivity contribution in [3.05, 3.63) is 54.1 Å². The zero-order valence-electron chi connectivity index (χ0n) is 17.6. The monoisotopic (exact) mass is 398 g/mol. The Morgan fingerprint density at radius 1 is 1.00 bits per heavy atom. The number of methoxy groups -OCH3 is 1. The third kappa shape index (κ3) is 6.24. The number of benzene rings is 2. The van der Waals surface area contributed by atoms with Gasteiger partial charge in [-0.05, 0) is 50.1 Å². The Balaban J connectivity index is 2.06. The van der Waals surface area contributed by atoms with E-state index in [4.69, 9.17) is 9.47 Å². The molecule has 29 heavy (non-hydrogen) atoms. The molecule has 0 fully saturated rings. The number of carbonyl (C=O) groups excluding carboxylic acids is 2. The molecule has 156 valence electrons. The molecule has 0 heterocycles. The fourth-order valence-corrected chi connectivity index (χ4v) is 2.97. The number of anilines is 1. The minimum absolute atomic E-state index is 0.0249. The highest BCUT2D eigenvalue weighted by molar-refractivity contribution is 5.98. The van der Waals surface area contributed by atoms with Crippen LogP contribution in [0.1, 0.15) is 44.0 Å². The highest BCUT2D eigenvalue weighted by atomic mass is 16.5. The van der Waals surface area contributed by atoms with Crippen molar-refractivity contribution >= 4 is 17.5 Å². The SMILES string of the molecule is CCCN(CCC)C(=O)c1cccc(NC(=O)C(C)Oc2ccccc2OC)c1. The van der Waals surface area contributed by atoms with Gasteiger partial charge in [-0.2, -0.15) is 0 Å². The highest BCUT2D eigenvalue weighted by Crippen LogP contribution is 2.27. The molecule has 0 saturated carbocycles. The van der Waals surface area contributed by atoms with Gasteiger partial charge in [-0.15, -0.1) is 0 Å². The number of amides is 2. The van der Waals surface area contributed by atoms with Crippen molar-refractivity contribution in [2.24, 2.45) is 0 Å². The van der Waals surface area contributed by atoms with Gasteiger partial charge in [0.05, 0.1) is 7.11 Å². The smallest absolute Gasteiger partial charge is 0.265 e. The third-order valence-corrected chi connectivity index (χ3v) is 4.39. The maximum absolute atomic E-state index is 12.8. The number of carbonyl (C=O) groups is 2. The molecule has 6 heteroatoms. The van der Waals surface area contributed by atoms with E-state index in [2.05, 4.69) is 19.2 Å². The van der Waals surface area contributed by atoms with Crippen LogP contribution in [0.15, 0.2) is 48.5 Å². The zero-order valence-corrected chi connectivity index (χ0v) is 17.6. The largest absolute Gasteiger partial charge is 0.493 e. The molecule has 1 unspecified atom stereocenters. The molecule has 0 aliphatic rings. The van der Waals surface area contributed by atoms with E-state index < -0.39 is 6.10 Å². The lowest BCUT2D eigenvalue weighted by atomic mass is 10.1. The van der Waals surface area contributed by atoms with E-state index in [-0.39, 0.29) is 11.8 Å². The van der Waals surface area contributed by atoms with Gasteiger partial charge in [-0.25, -0.2) is 0 Å². The summed E-state index contributed by atoms with van der Waals surface area (Å²) in [5, 5.41) is 2.82. The highest BCUT2D eigenvalue weighted by Gasteiger charge is 2.18. The van der Waals surface area contributed by atoms with Crippen molar-refractivity contribution in [1.29, 1.82) is 0 Å². The van der Waals surface area contributed by atoms with E-state index in [1.807, 2.05) is 17.0 Å². The number of rotatable bonds is 10. The first-order valence-corrected chi connectivity index (χ1v) is 10.00. The summed E-state index contributed by atoms with van der Waals surface area (Å²) in [6.07, 6.45) is 1.07. The van der Waals surface area contributed by atoms with Crippen LogP contribution < -0.4 is 14.8 Å². The molecule has 1 N–H and O–H groups in total. The molecular formula is C23H30N2O4. The molecule has 2 amide bonds. The van der Waals surface area contributed by atoms with Gasteiger partial charge < -0.3 is 19.7 Å². The predicted molar refractivity (Wildman–Crippen MR) is 115 cm³/mol. The van der Waals surface area contributed by atoms with Crippen molar-refractivity contribution in [3.63, 3.8) is 0 Å². The third-order valence-electron chi connectivity index (χ3n) is 4.39. The predicted octanol–water partition coefficient (Wildman–Crippen LogP) is 4.36. The molecule has 0 aromatic heterocycles. The lowest BCUT2D eigenvalue weighted by Gasteiger charge is -2.22. The van der Waals surface area contributed by atoms with Crippen LogP contribution in [0.3, 0.4) is 0 Å². The summed E-state index contributed by atoms with van der Waals surface area (Å²) in [6, 6.07) is 14.2. The van der Waals surface area contributed by atoms with Crippen LogP contribution in [0.4, 0.5) is 5.69 Å². The van der Waals surface area contributed by atoms with Gasteiger partial charge >= 0.3 is 0 Å². The second kappa shape index (κ2) is 11.1. The number of hydrogen-bond donors (Lipinski definition) is 1. The van der Waals surface area contributed by atoms with Crippen LogP contribution in [0.25, 0.3) is 0 Å². The van der Waals surface area contributed by atoms with Gasteiger partial charge in [0.25, 0.3) is 11.8 Å². The first-order valence-electron chi connectivity index (χ1n) is 10.00. The van der Waals surface area contributed by atoms with Crippen LogP contribution in [0.2, 0.25) is 0 Å². The lowest BCUT2D eigenvalue weighted by Crippen LogP contribution is -2.33. The topological polar surface area (TPSA) is 67.9 Å². The number of nitrogens with one attached hydrogen (secondary N) is 1. The lowest BCUT2D eigenvalue weighted by molar-refractivity contribution is -0.122. The van der Waals surface area contributed by atoms with E-state index in [1.54, 1.807) is 50.4 Å². The molecule has 0 spiro atoms. The second-order valence-corrected chi connectivity index (χ2v) is 6.77. The van der Waals surface area contributed by atoms with Crippen molar-refractivity contribution in [1.82, 2.24) is 4.90 Å². The van der Waals surface area contributed by atoms with Gasteiger partial charge in [0.15, 0.2) is 17.6 Å². The molecule has 0 saturated heterocycles. The molecule has 6 nitrogen and oxygen atoms in total. The normalized spacial score (nSPS) is 11.4. The summed E-state index contributed by atoms with van der Waals surface area (Å²) in [7, 11) is 1.55.